The molecule has 1 aliphatic heterocycles. The maximum Gasteiger partial charge on any atom is 0.323 e. The van der Waals surface area contributed by atoms with Gasteiger partial charge in [0.1, 0.15) is 12.3 Å². The number of benzene rings is 1. The molecular weight excluding hydrogens is 488 g/mol. The van der Waals surface area contributed by atoms with Gasteiger partial charge in [-0.15, -0.1) is 0 Å². The van der Waals surface area contributed by atoms with Crippen LogP contribution in [-0.2, 0) is 25.6 Å². The van der Waals surface area contributed by atoms with Crippen molar-refractivity contribution in [3.8, 4) is 0 Å². The summed E-state index contributed by atoms with van der Waals surface area (Å²) in [4.78, 5) is 29.3. The van der Waals surface area contributed by atoms with Crippen LogP contribution in [0.25, 0.3) is 0 Å². The first-order valence-corrected chi connectivity index (χ1v) is 14.4. The lowest BCUT2D eigenvalue weighted by atomic mass is 9.91. The lowest BCUT2D eigenvalue weighted by molar-refractivity contribution is -0.150. The average molecular weight is 539 g/mol. The Hall–Kier alpha value is -2.57. The largest absolute Gasteiger partial charge is 0.464 e. The molecule has 1 atom stereocenters. The van der Waals surface area contributed by atoms with Gasteiger partial charge in [0.05, 0.1) is 12.3 Å². The van der Waals surface area contributed by atoms with Crippen molar-refractivity contribution in [2.45, 2.75) is 93.7 Å². The lowest BCUT2D eigenvalue weighted by Crippen LogP contribution is -2.42. The number of aliphatic imine (C=N–C) groups is 1. The van der Waals surface area contributed by atoms with Crippen LogP contribution in [0.4, 0.5) is 5.69 Å². The van der Waals surface area contributed by atoms with Crippen LogP contribution in [0.1, 0.15) is 85.3 Å². The summed E-state index contributed by atoms with van der Waals surface area (Å²) >= 11 is 0. The Morgan fingerprint density at radius 3 is 2.51 bits per heavy atom. The van der Waals surface area contributed by atoms with Crippen LogP contribution in [0.2, 0.25) is 0 Å². The van der Waals surface area contributed by atoms with Crippen LogP contribution < -0.4 is 5.32 Å². The Bertz CT molecular complexity index is 1040. The minimum atomic E-state index is -0.387. The van der Waals surface area contributed by atoms with E-state index in [0.29, 0.717) is 24.6 Å². The predicted molar refractivity (Wildman–Crippen MR) is 161 cm³/mol. The second-order valence-corrected chi connectivity index (χ2v) is 12.3. The minimum absolute atomic E-state index is 0.0746. The van der Waals surface area contributed by atoms with Gasteiger partial charge in [0.15, 0.2) is 0 Å². The van der Waals surface area contributed by atoms with Crippen LogP contribution in [0.15, 0.2) is 46.5 Å². The molecule has 0 radical (unpaired) electrons. The van der Waals surface area contributed by atoms with Gasteiger partial charge in [0.2, 0.25) is 0 Å². The molecule has 1 N–H and O–H groups in total. The van der Waals surface area contributed by atoms with E-state index in [0.717, 1.165) is 73.3 Å². The number of nitrogens with one attached hydrogen (secondary N) is 1. The van der Waals surface area contributed by atoms with E-state index in [-0.39, 0.29) is 23.3 Å². The molecular formula is C33H50N2O4. The van der Waals surface area contributed by atoms with Gasteiger partial charge in [0.25, 0.3) is 0 Å². The van der Waals surface area contributed by atoms with E-state index in [4.69, 9.17) is 14.5 Å². The van der Waals surface area contributed by atoms with Crippen molar-refractivity contribution >= 4 is 23.7 Å². The van der Waals surface area contributed by atoms with E-state index in [2.05, 4.69) is 51.2 Å². The number of allylic oxidation sites excluding steroid dienone is 4. The standard InChI is InChI=1S/C33H50N2O4/c1-9-28(18-24(4)21-36)29(13-12-26-14-16-38-17-15-26)35-30-19-27(11-10-25(30)5)20-34-31(23(2)3)32(37)39-22-33(6,7)8/h9-11,18-19,21,23,26,31,34H,12-17,20,22H2,1-8H3/b24-18-,28-9+,35-29?. The molecule has 0 amide bonds. The molecule has 1 aromatic rings. The Kier molecular flexibility index (Phi) is 13.3. The molecule has 216 valence electrons. The number of esters is 1. The summed E-state index contributed by atoms with van der Waals surface area (Å²) in [6.07, 6.45) is 8.88. The number of rotatable bonds is 13. The van der Waals surface area contributed by atoms with Crippen molar-refractivity contribution in [2.75, 3.05) is 19.8 Å². The molecule has 1 aromatic carbocycles. The molecule has 0 aromatic heterocycles. The summed E-state index contributed by atoms with van der Waals surface area (Å²) in [6.45, 7) is 18.7. The van der Waals surface area contributed by atoms with Crippen LogP contribution >= 0.6 is 0 Å². The highest BCUT2D eigenvalue weighted by Crippen LogP contribution is 2.26. The number of hydrogen-bond acceptors (Lipinski definition) is 6. The molecule has 1 saturated heterocycles. The molecule has 0 spiro atoms. The van der Waals surface area contributed by atoms with Gasteiger partial charge in [-0.1, -0.05) is 52.8 Å². The minimum Gasteiger partial charge on any atom is -0.464 e. The number of hydrogen-bond donors (Lipinski definition) is 1. The van der Waals surface area contributed by atoms with Gasteiger partial charge >= 0.3 is 5.97 Å². The molecule has 1 heterocycles. The SMILES string of the molecule is C/C=C(\C=C(\C)C=O)C(CCC1CCOCC1)=Nc1cc(CNC(C(=O)OCC(C)(C)C)C(C)C)ccc1C. The number of ether oxygens (including phenoxy) is 2. The normalized spacial score (nSPS) is 16.9. The average Bonchev–Trinajstić information content (AvgIpc) is 2.90. The van der Waals surface area contributed by atoms with Gasteiger partial charge in [0, 0.05) is 25.5 Å². The lowest BCUT2D eigenvalue weighted by Gasteiger charge is -2.24. The van der Waals surface area contributed by atoms with Crippen molar-refractivity contribution in [3.05, 3.63) is 52.6 Å². The Morgan fingerprint density at radius 1 is 1.23 bits per heavy atom. The molecule has 1 fully saturated rings. The molecule has 39 heavy (non-hydrogen) atoms. The topological polar surface area (TPSA) is 77.0 Å². The van der Waals surface area contributed by atoms with E-state index >= 15 is 0 Å². The van der Waals surface area contributed by atoms with Crippen molar-refractivity contribution in [3.63, 3.8) is 0 Å². The molecule has 2 rings (SSSR count). The summed E-state index contributed by atoms with van der Waals surface area (Å²) in [5.41, 5.74) is 5.62. The quantitative estimate of drug-likeness (QED) is 0.0956. The van der Waals surface area contributed by atoms with Crippen molar-refractivity contribution < 1.29 is 19.1 Å². The highest BCUT2D eigenvalue weighted by molar-refractivity contribution is 6.04. The van der Waals surface area contributed by atoms with Crippen LogP contribution in [0.3, 0.4) is 0 Å². The summed E-state index contributed by atoms with van der Waals surface area (Å²) in [6, 6.07) is 5.86. The third kappa shape index (κ3) is 11.6. The molecule has 0 bridgehead atoms. The molecule has 1 unspecified atom stereocenters. The monoisotopic (exact) mass is 538 g/mol. The molecule has 0 aliphatic carbocycles. The highest BCUT2D eigenvalue weighted by atomic mass is 16.5. The fraction of sp³-hybridized carbons (Fsp3) is 0.606. The zero-order chi connectivity index (χ0) is 29.0. The second-order valence-electron chi connectivity index (χ2n) is 12.3. The van der Waals surface area contributed by atoms with Crippen LogP contribution in [0, 0.1) is 24.2 Å². The van der Waals surface area contributed by atoms with E-state index in [1.165, 1.54) is 0 Å². The number of aldehydes is 1. The number of carbonyl (C=O) groups is 2. The first-order chi connectivity index (χ1) is 18.4. The fourth-order valence-corrected chi connectivity index (χ4v) is 4.48. The van der Waals surface area contributed by atoms with Crippen molar-refractivity contribution in [1.82, 2.24) is 5.32 Å². The first kappa shape index (κ1) is 32.6. The smallest absolute Gasteiger partial charge is 0.323 e. The maximum atomic E-state index is 12.8. The molecule has 0 saturated carbocycles. The predicted octanol–water partition coefficient (Wildman–Crippen LogP) is 7.07. The molecule has 6 heteroatoms. The van der Waals surface area contributed by atoms with E-state index in [9.17, 15) is 9.59 Å². The summed E-state index contributed by atoms with van der Waals surface area (Å²) in [5, 5.41) is 3.41. The number of carbonyl (C=O) groups excluding carboxylic acids is 2. The molecule has 6 nitrogen and oxygen atoms in total. The Labute approximate surface area is 236 Å². The van der Waals surface area contributed by atoms with Crippen molar-refractivity contribution in [2.24, 2.45) is 22.2 Å². The van der Waals surface area contributed by atoms with Gasteiger partial charge < -0.3 is 14.8 Å². The first-order valence-electron chi connectivity index (χ1n) is 14.4. The van der Waals surface area contributed by atoms with Crippen LogP contribution in [-0.4, -0.2) is 43.8 Å². The summed E-state index contributed by atoms with van der Waals surface area (Å²) in [5.74, 6) is 0.513. The maximum absolute atomic E-state index is 12.8. The van der Waals surface area contributed by atoms with Gasteiger partial charge in [-0.05, 0) is 98.1 Å². The highest BCUT2D eigenvalue weighted by Gasteiger charge is 2.25. The number of nitrogens with zero attached hydrogens (tertiary/aromatic N) is 1. The van der Waals surface area contributed by atoms with Gasteiger partial charge in [-0.25, -0.2) is 0 Å². The van der Waals surface area contributed by atoms with E-state index in [1.54, 1.807) is 0 Å². The summed E-state index contributed by atoms with van der Waals surface area (Å²) < 4.78 is 11.1. The van der Waals surface area contributed by atoms with Gasteiger partial charge in [-0.2, -0.15) is 0 Å². The van der Waals surface area contributed by atoms with Gasteiger partial charge in [-0.3, -0.25) is 14.6 Å². The Balaban J connectivity index is 2.27. The fourth-order valence-electron chi connectivity index (χ4n) is 4.48. The zero-order valence-corrected chi connectivity index (χ0v) is 25.4. The zero-order valence-electron chi connectivity index (χ0n) is 25.4. The second kappa shape index (κ2) is 15.9. The third-order valence-corrected chi connectivity index (χ3v) is 6.97. The third-order valence-electron chi connectivity index (χ3n) is 6.97. The van der Waals surface area contributed by atoms with Crippen LogP contribution in [0.5, 0.6) is 0 Å². The van der Waals surface area contributed by atoms with E-state index in [1.807, 2.05) is 39.8 Å². The Morgan fingerprint density at radius 2 is 1.92 bits per heavy atom. The van der Waals surface area contributed by atoms with Crippen molar-refractivity contribution in [1.29, 1.82) is 0 Å². The van der Waals surface area contributed by atoms with E-state index < -0.39 is 0 Å². The molecule has 1 aliphatic rings. The summed E-state index contributed by atoms with van der Waals surface area (Å²) in [7, 11) is 0. The number of aryl methyl sites for hydroxylation is 1.